The van der Waals surface area contributed by atoms with Gasteiger partial charge in [-0.15, -0.1) is 0 Å². The van der Waals surface area contributed by atoms with E-state index in [1.165, 1.54) is 22.7 Å². The average Bonchev–Trinajstić information content (AvgIpc) is 2.70. The van der Waals surface area contributed by atoms with Gasteiger partial charge in [-0.1, -0.05) is 0 Å². The van der Waals surface area contributed by atoms with Crippen LogP contribution in [0, 0.1) is 0 Å². The van der Waals surface area contributed by atoms with Gasteiger partial charge in [0.25, 0.3) is 16.1 Å². The van der Waals surface area contributed by atoms with Crippen molar-refractivity contribution in [3.05, 3.63) is 17.7 Å². The van der Waals surface area contributed by atoms with E-state index in [1.807, 2.05) is 20.8 Å². The van der Waals surface area contributed by atoms with Gasteiger partial charge in [-0.05, 0) is 45.7 Å². The Kier molecular flexibility index (Phi) is 8.75. The fourth-order valence-corrected chi connectivity index (χ4v) is 4.38. The molecule has 30 heavy (non-hydrogen) atoms. The van der Waals surface area contributed by atoms with Crippen LogP contribution in [0.5, 0.6) is 17.2 Å². The van der Waals surface area contributed by atoms with E-state index in [0.29, 0.717) is 68.6 Å². The van der Waals surface area contributed by atoms with Gasteiger partial charge in [0.05, 0.1) is 19.8 Å². The van der Waals surface area contributed by atoms with E-state index in [2.05, 4.69) is 5.32 Å². The second-order valence-electron chi connectivity index (χ2n) is 7.04. The number of hydrogen-bond acceptors (Lipinski definition) is 6. The molecule has 170 valence electrons. The maximum atomic E-state index is 12.9. The first-order chi connectivity index (χ1) is 14.2. The normalized spacial score (nSPS) is 15.8. The van der Waals surface area contributed by atoms with Crippen molar-refractivity contribution in [3.8, 4) is 17.2 Å². The van der Waals surface area contributed by atoms with Crippen molar-refractivity contribution in [2.45, 2.75) is 39.7 Å². The zero-order valence-corrected chi connectivity index (χ0v) is 19.3. The zero-order chi connectivity index (χ0) is 22.3. The first-order valence-corrected chi connectivity index (χ1v) is 11.7. The molecule has 1 N–H and O–H groups in total. The Bertz CT molecular complexity index is 793. The number of carbonyl (C=O) groups excluding carboxylic acids is 1. The number of piperidine rings is 1. The van der Waals surface area contributed by atoms with Crippen LogP contribution in [-0.2, 0) is 10.2 Å². The molecule has 0 unspecified atom stereocenters. The highest BCUT2D eigenvalue weighted by molar-refractivity contribution is 7.86. The molecule has 9 nitrogen and oxygen atoms in total. The van der Waals surface area contributed by atoms with Crippen LogP contribution in [0.2, 0.25) is 0 Å². The maximum Gasteiger partial charge on any atom is 0.281 e. The molecule has 0 spiro atoms. The molecule has 1 aliphatic heterocycles. The van der Waals surface area contributed by atoms with Gasteiger partial charge < -0.3 is 19.5 Å². The smallest absolute Gasteiger partial charge is 0.281 e. The highest BCUT2D eigenvalue weighted by Gasteiger charge is 2.30. The minimum absolute atomic E-state index is 0.108. The van der Waals surface area contributed by atoms with Crippen LogP contribution in [0.4, 0.5) is 0 Å². The molecule has 0 atom stereocenters. The first-order valence-electron chi connectivity index (χ1n) is 10.3. The summed E-state index contributed by atoms with van der Waals surface area (Å²) in [5.74, 6) is 1.15. The molecule has 2 rings (SSSR count). The SMILES string of the molecule is CCOc1cc(C(=O)NC2CCN(S(=O)(=O)N(C)C)CC2)cc(OCC)c1OCC. The van der Waals surface area contributed by atoms with Crippen LogP contribution < -0.4 is 19.5 Å². The van der Waals surface area contributed by atoms with Crippen LogP contribution in [0.25, 0.3) is 0 Å². The van der Waals surface area contributed by atoms with E-state index in [0.717, 1.165) is 0 Å². The lowest BCUT2D eigenvalue weighted by atomic mass is 10.1. The summed E-state index contributed by atoms with van der Waals surface area (Å²) in [4.78, 5) is 12.9. The lowest BCUT2D eigenvalue weighted by molar-refractivity contribution is 0.0922. The number of nitrogens with one attached hydrogen (secondary N) is 1. The molecule has 1 aromatic carbocycles. The van der Waals surface area contributed by atoms with Gasteiger partial charge in [-0.25, -0.2) is 0 Å². The van der Waals surface area contributed by atoms with Gasteiger partial charge in [0.2, 0.25) is 5.75 Å². The Balaban J connectivity index is 2.13. The Hall–Kier alpha value is -2.04. The molecule has 0 bridgehead atoms. The number of ether oxygens (including phenoxy) is 3. The number of amides is 1. The number of carbonyl (C=O) groups is 1. The van der Waals surface area contributed by atoms with E-state index < -0.39 is 10.2 Å². The van der Waals surface area contributed by atoms with Gasteiger partial charge in [0.15, 0.2) is 11.5 Å². The van der Waals surface area contributed by atoms with Gasteiger partial charge in [-0.3, -0.25) is 4.79 Å². The van der Waals surface area contributed by atoms with Crippen molar-refractivity contribution in [2.24, 2.45) is 0 Å². The number of nitrogens with zero attached hydrogens (tertiary/aromatic N) is 2. The summed E-state index contributed by atoms with van der Waals surface area (Å²) in [6.45, 7) is 7.61. The highest BCUT2D eigenvalue weighted by atomic mass is 32.2. The Labute approximate surface area is 179 Å². The minimum atomic E-state index is -3.43. The first kappa shape index (κ1) is 24.2. The fraction of sp³-hybridized carbons (Fsp3) is 0.650. The summed E-state index contributed by atoms with van der Waals surface area (Å²) >= 11 is 0. The summed E-state index contributed by atoms with van der Waals surface area (Å²) in [5.41, 5.74) is 0.411. The predicted octanol–water partition coefficient (Wildman–Crippen LogP) is 1.88. The van der Waals surface area contributed by atoms with Crippen molar-refractivity contribution >= 4 is 16.1 Å². The molecule has 0 radical (unpaired) electrons. The van der Waals surface area contributed by atoms with E-state index in [1.54, 1.807) is 12.1 Å². The van der Waals surface area contributed by atoms with Crippen molar-refractivity contribution in [1.29, 1.82) is 0 Å². The van der Waals surface area contributed by atoms with Crippen molar-refractivity contribution in [3.63, 3.8) is 0 Å². The summed E-state index contributed by atoms with van der Waals surface area (Å²) < 4.78 is 44.1. The predicted molar refractivity (Wildman–Crippen MR) is 115 cm³/mol. The Morgan fingerprint density at radius 1 is 1.03 bits per heavy atom. The van der Waals surface area contributed by atoms with Crippen LogP contribution in [0.15, 0.2) is 12.1 Å². The topological polar surface area (TPSA) is 97.4 Å². The minimum Gasteiger partial charge on any atom is -0.490 e. The second kappa shape index (κ2) is 10.8. The van der Waals surface area contributed by atoms with Gasteiger partial charge in [0.1, 0.15) is 0 Å². The standard InChI is InChI=1S/C20H33N3O6S/c1-6-27-17-13-15(14-18(28-7-2)19(17)29-8-3)20(24)21-16-9-11-23(12-10-16)30(25,26)22(4)5/h13-14,16H,6-12H2,1-5H3,(H,21,24). The summed E-state index contributed by atoms with van der Waals surface area (Å²) in [6.07, 6.45) is 1.10. The fourth-order valence-electron chi connectivity index (χ4n) is 3.25. The molecular formula is C20H33N3O6S. The molecule has 0 saturated carbocycles. The molecular weight excluding hydrogens is 410 g/mol. The molecule has 1 heterocycles. The lowest BCUT2D eigenvalue weighted by Gasteiger charge is -2.33. The summed E-state index contributed by atoms with van der Waals surface area (Å²) in [7, 11) is -0.401. The van der Waals surface area contributed by atoms with Crippen molar-refractivity contribution < 1.29 is 27.4 Å². The number of benzene rings is 1. The van der Waals surface area contributed by atoms with E-state index >= 15 is 0 Å². The molecule has 1 fully saturated rings. The van der Waals surface area contributed by atoms with E-state index in [-0.39, 0.29) is 11.9 Å². The van der Waals surface area contributed by atoms with Gasteiger partial charge in [0, 0.05) is 38.8 Å². The zero-order valence-electron chi connectivity index (χ0n) is 18.4. The van der Waals surface area contributed by atoms with Crippen molar-refractivity contribution in [1.82, 2.24) is 13.9 Å². The van der Waals surface area contributed by atoms with E-state index in [9.17, 15) is 13.2 Å². The molecule has 0 aromatic heterocycles. The Morgan fingerprint density at radius 3 is 1.97 bits per heavy atom. The quantitative estimate of drug-likeness (QED) is 0.593. The maximum absolute atomic E-state index is 12.9. The monoisotopic (exact) mass is 443 g/mol. The van der Waals surface area contributed by atoms with E-state index in [4.69, 9.17) is 14.2 Å². The third kappa shape index (κ3) is 5.77. The van der Waals surface area contributed by atoms with Crippen LogP contribution in [0.1, 0.15) is 44.0 Å². The van der Waals surface area contributed by atoms with Crippen LogP contribution >= 0.6 is 0 Å². The third-order valence-electron chi connectivity index (χ3n) is 4.75. The Morgan fingerprint density at radius 2 is 1.53 bits per heavy atom. The van der Waals surface area contributed by atoms with Crippen LogP contribution in [-0.4, -0.2) is 76.0 Å². The molecule has 1 aromatic rings. The number of rotatable bonds is 10. The molecule has 10 heteroatoms. The van der Waals surface area contributed by atoms with Gasteiger partial charge >= 0.3 is 0 Å². The molecule has 1 amide bonds. The van der Waals surface area contributed by atoms with Gasteiger partial charge in [-0.2, -0.15) is 17.0 Å². The summed E-state index contributed by atoms with van der Waals surface area (Å²) in [5, 5.41) is 3.00. The van der Waals surface area contributed by atoms with Crippen LogP contribution in [0.3, 0.4) is 0 Å². The average molecular weight is 444 g/mol. The lowest BCUT2D eigenvalue weighted by Crippen LogP contribution is -2.49. The molecule has 1 aliphatic rings. The summed E-state index contributed by atoms with van der Waals surface area (Å²) in [6, 6.07) is 3.19. The number of hydrogen-bond donors (Lipinski definition) is 1. The molecule has 0 aliphatic carbocycles. The highest BCUT2D eigenvalue weighted by Crippen LogP contribution is 2.39. The molecule has 1 saturated heterocycles. The van der Waals surface area contributed by atoms with Crippen molar-refractivity contribution in [2.75, 3.05) is 47.0 Å². The largest absolute Gasteiger partial charge is 0.490 e. The second-order valence-corrected chi connectivity index (χ2v) is 9.18. The third-order valence-corrected chi connectivity index (χ3v) is 6.69.